The average molecular weight is 203 g/mol. The Morgan fingerprint density at radius 3 is 3.07 bits per heavy atom. The number of nitrogens with one attached hydrogen (secondary N) is 1. The van der Waals surface area contributed by atoms with E-state index >= 15 is 0 Å². The normalized spacial score (nSPS) is 10.5. The van der Waals surface area contributed by atoms with Crippen LogP contribution in [-0.2, 0) is 11.3 Å². The van der Waals surface area contributed by atoms with Gasteiger partial charge in [-0.25, -0.2) is 0 Å². The summed E-state index contributed by atoms with van der Waals surface area (Å²) in [7, 11) is 1.64. The summed E-state index contributed by atoms with van der Waals surface area (Å²) in [5.74, 6) is 0.0366. The summed E-state index contributed by atoms with van der Waals surface area (Å²) in [4.78, 5) is 11.1. The minimum Gasteiger partial charge on any atom is -0.359 e. The molecule has 2 aromatic rings. The lowest BCUT2D eigenvalue weighted by Gasteiger charge is -2.02. The van der Waals surface area contributed by atoms with Crippen molar-refractivity contribution in [2.45, 2.75) is 13.0 Å². The van der Waals surface area contributed by atoms with Gasteiger partial charge in [0.1, 0.15) is 0 Å². The second kappa shape index (κ2) is 4.13. The van der Waals surface area contributed by atoms with Gasteiger partial charge >= 0.3 is 0 Å². The number of amides is 1. The van der Waals surface area contributed by atoms with Crippen molar-refractivity contribution >= 4 is 16.8 Å². The Bertz CT molecular complexity index is 475. The third-order valence-electron chi connectivity index (χ3n) is 2.38. The first-order chi connectivity index (χ1) is 7.31. The van der Waals surface area contributed by atoms with Gasteiger partial charge in [0, 0.05) is 18.9 Å². The molecule has 4 nitrogen and oxygen atoms in total. The highest BCUT2D eigenvalue weighted by Crippen LogP contribution is 2.12. The molecule has 0 fully saturated rings. The summed E-state index contributed by atoms with van der Waals surface area (Å²) in [6.45, 7) is 0.618. The summed E-state index contributed by atoms with van der Waals surface area (Å²) < 4.78 is 1.85. The lowest BCUT2D eigenvalue weighted by molar-refractivity contribution is -0.120. The number of hydrogen-bond donors (Lipinski definition) is 1. The number of para-hydroxylation sites is 1. The molecule has 0 bridgehead atoms. The number of nitrogens with zero attached hydrogens (tertiary/aromatic N) is 2. The maximum Gasteiger partial charge on any atom is 0.221 e. The Labute approximate surface area is 87.9 Å². The monoisotopic (exact) mass is 203 g/mol. The van der Waals surface area contributed by atoms with Crippen LogP contribution in [-0.4, -0.2) is 22.7 Å². The molecule has 0 spiro atoms. The van der Waals surface area contributed by atoms with Crippen molar-refractivity contribution in [3.05, 3.63) is 30.5 Å². The first-order valence-corrected chi connectivity index (χ1v) is 4.92. The highest BCUT2D eigenvalue weighted by Gasteiger charge is 2.03. The van der Waals surface area contributed by atoms with Crippen LogP contribution in [0, 0.1) is 0 Å². The minimum absolute atomic E-state index is 0.0366. The van der Waals surface area contributed by atoms with Crippen LogP contribution in [0.4, 0.5) is 0 Å². The molecule has 1 aromatic carbocycles. The van der Waals surface area contributed by atoms with Gasteiger partial charge in [-0.1, -0.05) is 18.2 Å². The van der Waals surface area contributed by atoms with Gasteiger partial charge in [-0.3, -0.25) is 9.48 Å². The minimum atomic E-state index is 0.0366. The average Bonchev–Trinajstić information content (AvgIpc) is 2.69. The number of rotatable bonds is 3. The van der Waals surface area contributed by atoms with Crippen molar-refractivity contribution in [1.29, 1.82) is 0 Å². The van der Waals surface area contributed by atoms with Crippen LogP contribution in [0.5, 0.6) is 0 Å². The van der Waals surface area contributed by atoms with Crippen molar-refractivity contribution in [3.8, 4) is 0 Å². The van der Waals surface area contributed by atoms with Gasteiger partial charge in [-0.15, -0.1) is 0 Å². The molecule has 0 aliphatic carbocycles. The van der Waals surface area contributed by atoms with Crippen LogP contribution in [0.25, 0.3) is 10.9 Å². The molecule has 1 heterocycles. The van der Waals surface area contributed by atoms with E-state index in [9.17, 15) is 4.79 Å². The quantitative estimate of drug-likeness (QED) is 0.814. The van der Waals surface area contributed by atoms with E-state index in [4.69, 9.17) is 0 Å². The van der Waals surface area contributed by atoms with Crippen LogP contribution >= 0.6 is 0 Å². The van der Waals surface area contributed by atoms with E-state index in [2.05, 4.69) is 10.4 Å². The summed E-state index contributed by atoms with van der Waals surface area (Å²) >= 11 is 0. The fourth-order valence-corrected chi connectivity index (χ4v) is 1.54. The van der Waals surface area contributed by atoms with Crippen molar-refractivity contribution in [3.63, 3.8) is 0 Å². The number of aryl methyl sites for hydroxylation is 1. The first-order valence-electron chi connectivity index (χ1n) is 4.92. The number of benzene rings is 1. The standard InChI is InChI=1S/C11H13N3O/c1-12-11(15)6-7-14-10-5-3-2-4-9(10)8-13-14/h2-5,8H,6-7H2,1H3,(H,12,15). The molecule has 0 unspecified atom stereocenters. The topological polar surface area (TPSA) is 46.9 Å². The molecule has 15 heavy (non-hydrogen) atoms. The molecule has 1 amide bonds. The van der Waals surface area contributed by atoms with Gasteiger partial charge in [0.05, 0.1) is 18.3 Å². The number of fused-ring (bicyclic) bond motifs is 1. The van der Waals surface area contributed by atoms with Crippen molar-refractivity contribution in [2.75, 3.05) is 7.05 Å². The van der Waals surface area contributed by atoms with E-state index < -0.39 is 0 Å². The molecule has 0 aliphatic rings. The fraction of sp³-hybridized carbons (Fsp3) is 0.273. The Morgan fingerprint density at radius 2 is 2.27 bits per heavy atom. The van der Waals surface area contributed by atoms with E-state index in [0.717, 1.165) is 10.9 Å². The predicted molar refractivity (Wildman–Crippen MR) is 58.4 cm³/mol. The van der Waals surface area contributed by atoms with E-state index in [1.807, 2.05) is 35.1 Å². The Morgan fingerprint density at radius 1 is 1.47 bits per heavy atom. The maximum absolute atomic E-state index is 11.1. The first kappa shape index (κ1) is 9.71. The van der Waals surface area contributed by atoms with Gasteiger partial charge < -0.3 is 5.32 Å². The van der Waals surface area contributed by atoms with Gasteiger partial charge in [-0.2, -0.15) is 5.10 Å². The van der Waals surface area contributed by atoms with Crippen LogP contribution < -0.4 is 5.32 Å². The van der Waals surface area contributed by atoms with E-state index in [-0.39, 0.29) is 5.91 Å². The molecule has 2 rings (SSSR count). The molecule has 0 atom stereocenters. The molecule has 78 valence electrons. The summed E-state index contributed by atoms with van der Waals surface area (Å²) in [6, 6.07) is 7.97. The van der Waals surface area contributed by atoms with Crippen molar-refractivity contribution < 1.29 is 4.79 Å². The van der Waals surface area contributed by atoms with E-state index in [1.165, 1.54) is 0 Å². The second-order valence-electron chi connectivity index (χ2n) is 3.35. The molecule has 1 aromatic heterocycles. The lowest BCUT2D eigenvalue weighted by Crippen LogP contribution is -2.19. The highest BCUT2D eigenvalue weighted by molar-refractivity contribution is 5.79. The smallest absolute Gasteiger partial charge is 0.221 e. The molecule has 0 aliphatic heterocycles. The number of carbonyl (C=O) groups is 1. The Balaban J connectivity index is 2.18. The van der Waals surface area contributed by atoms with Crippen LogP contribution in [0.1, 0.15) is 6.42 Å². The molecule has 0 saturated heterocycles. The molecule has 1 N–H and O–H groups in total. The molecule has 0 saturated carbocycles. The number of hydrogen-bond acceptors (Lipinski definition) is 2. The fourth-order valence-electron chi connectivity index (χ4n) is 1.54. The maximum atomic E-state index is 11.1. The van der Waals surface area contributed by atoms with Gasteiger partial charge in [0.2, 0.25) is 5.91 Å². The SMILES string of the molecule is CNC(=O)CCn1ncc2ccccc21. The zero-order valence-corrected chi connectivity index (χ0v) is 8.60. The van der Waals surface area contributed by atoms with Crippen LogP contribution in [0.15, 0.2) is 30.5 Å². The van der Waals surface area contributed by atoms with Crippen molar-refractivity contribution in [1.82, 2.24) is 15.1 Å². The summed E-state index contributed by atoms with van der Waals surface area (Å²) in [5, 5.41) is 7.94. The Kier molecular flexibility index (Phi) is 2.67. The lowest BCUT2D eigenvalue weighted by atomic mass is 10.2. The van der Waals surface area contributed by atoms with E-state index in [1.54, 1.807) is 7.05 Å². The second-order valence-corrected chi connectivity index (χ2v) is 3.35. The molecular formula is C11H13N3O. The van der Waals surface area contributed by atoms with Gasteiger partial charge in [0.15, 0.2) is 0 Å². The largest absolute Gasteiger partial charge is 0.359 e. The summed E-state index contributed by atoms with van der Waals surface area (Å²) in [5.41, 5.74) is 1.07. The number of aromatic nitrogens is 2. The molecular weight excluding hydrogens is 190 g/mol. The predicted octanol–water partition coefficient (Wildman–Crippen LogP) is 1.17. The van der Waals surface area contributed by atoms with Crippen LogP contribution in [0.3, 0.4) is 0 Å². The third-order valence-corrected chi connectivity index (χ3v) is 2.38. The molecule has 4 heteroatoms. The van der Waals surface area contributed by atoms with E-state index in [0.29, 0.717) is 13.0 Å². The zero-order chi connectivity index (χ0) is 10.7. The summed E-state index contributed by atoms with van der Waals surface area (Å²) in [6.07, 6.45) is 2.28. The van der Waals surface area contributed by atoms with Gasteiger partial charge in [-0.05, 0) is 6.07 Å². The number of carbonyl (C=O) groups excluding carboxylic acids is 1. The zero-order valence-electron chi connectivity index (χ0n) is 8.60. The highest BCUT2D eigenvalue weighted by atomic mass is 16.1. The third kappa shape index (κ3) is 1.98. The van der Waals surface area contributed by atoms with Crippen LogP contribution in [0.2, 0.25) is 0 Å². The van der Waals surface area contributed by atoms with Gasteiger partial charge in [0.25, 0.3) is 0 Å². The van der Waals surface area contributed by atoms with Crippen molar-refractivity contribution in [2.24, 2.45) is 0 Å². The molecule has 0 radical (unpaired) electrons. The Hall–Kier alpha value is -1.84.